The van der Waals surface area contributed by atoms with E-state index in [9.17, 15) is 9.81 Å². The van der Waals surface area contributed by atoms with Gasteiger partial charge in [-0.15, -0.1) is 4.72 Å². The molecule has 2 aromatic carbocycles. The van der Waals surface area contributed by atoms with Crippen LogP contribution >= 0.6 is 0 Å². The molecule has 0 bridgehead atoms. The Labute approximate surface area is 249 Å². The molecule has 0 unspecified atom stereocenters. The number of ether oxygens (including phenoxy) is 3. The lowest BCUT2D eigenvalue weighted by Gasteiger charge is -2.29. The molecule has 3 atom stereocenters. The highest BCUT2D eigenvalue weighted by Crippen LogP contribution is 2.35. The largest absolute Gasteiger partial charge is 0.598 e. The van der Waals surface area contributed by atoms with Crippen molar-refractivity contribution in [1.82, 2.24) is 14.9 Å². The SMILES string of the molecule is CC(C)(C)[S@+]([O-])N[C@@H](Cc1cccc(OCCO[C@H]2CCCCO2)n1)c1ccccc1-c1noc2cc(C#N)ccc12. The van der Waals surface area contributed by atoms with Gasteiger partial charge in [0.2, 0.25) is 5.88 Å². The molecule has 1 aliphatic heterocycles. The summed E-state index contributed by atoms with van der Waals surface area (Å²) in [7, 11) is 0. The summed E-state index contributed by atoms with van der Waals surface area (Å²) >= 11 is -1.36. The standard InChI is InChI=1S/C32H36N4O5S/c1-32(2,3)42(37)36-27(20-23-9-8-12-29(34-23)38-17-18-40-30-13-6-7-16-39-30)24-10-4-5-11-25(24)31-26-15-14-22(21-33)19-28(26)41-35-31/h4-5,8-12,14-15,19,27,30,36H,6-7,13,16-18,20H2,1-3H3/t27-,30-,42-/m0/s1. The first kappa shape index (κ1) is 30.0. The molecule has 4 aromatic rings. The maximum absolute atomic E-state index is 13.4. The second-order valence-corrected chi connectivity index (χ2v) is 13.2. The van der Waals surface area contributed by atoms with Crippen LogP contribution in [0.2, 0.25) is 0 Å². The van der Waals surface area contributed by atoms with Crippen LogP contribution in [0.3, 0.4) is 0 Å². The molecule has 0 radical (unpaired) electrons. The predicted molar refractivity (Wildman–Crippen MR) is 161 cm³/mol. The van der Waals surface area contributed by atoms with Crippen molar-refractivity contribution in [2.45, 2.75) is 63.5 Å². The summed E-state index contributed by atoms with van der Waals surface area (Å²) < 4.78 is 39.1. The summed E-state index contributed by atoms with van der Waals surface area (Å²) in [6.45, 7) is 7.32. The monoisotopic (exact) mass is 588 g/mol. The van der Waals surface area contributed by atoms with Crippen molar-refractivity contribution in [1.29, 1.82) is 5.26 Å². The van der Waals surface area contributed by atoms with Crippen molar-refractivity contribution in [3.63, 3.8) is 0 Å². The van der Waals surface area contributed by atoms with E-state index in [4.69, 9.17) is 23.7 Å². The number of nitrogens with one attached hydrogen (secondary N) is 1. The number of nitriles is 1. The highest BCUT2D eigenvalue weighted by atomic mass is 32.2. The summed E-state index contributed by atoms with van der Waals surface area (Å²) in [4.78, 5) is 4.74. The van der Waals surface area contributed by atoms with Gasteiger partial charge in [-0.1, -0.05) is 35.5 Å². The van der Waals surface area contributed by atoms with Gasteiger partial charge < -0.3 is 23.3 Å². The van der Waals surface area contributed by atoms with Gasteiger partial charge in [-0.25, -0.2) is 4.98 Å². The van der Waals surface area contributed by atoms with Crippen LogP contribution in [0.5, 0.6) is 5.88 Å². The van der Waals surface area contributed by atoms with Crippen molar-refractivity contribution >= 4 is 22.3 Å². The van der Waals surface area contributed by atoms with Gasteiger partial charge in [0.15, 0.2) is 11.9 Å². The van der Waals surface area contributed by atoms with E-state index in [1.165, 1.54) is 0 Å². The van der Waals surface area contributed by atoms with Gasteiger partial charge in [0.05, 0.1) is 24.3 Å². The van der Waals surface area contributed by atoms with Gasteiger partial charge in [0, 0.05) is 53.2 Å². The second kappa shape index (κ2) is 13.7. The van der Waals surface area contributed by atoms with E-state index in [-0.39, 0.29) is 12.3 Å². The van der Waals surface area contributed by atoms with E-state index < -0.39 is 16.1 Å². The number of fused-ring (bicyclic) bond motifs is 1. The molecule has 9 nitrogen and oxygen atoms in total. The average molecular weight is 589 g/mol. The second-order valence-electron chi connectivity index (χ2n) is 11.2. The molecule has 0 spiro atoms. The quantitative estimate of drug-likeness (QED) is 0.165. The van der Waals surface area contributed by atoms with E-state index in [2.05, 4.69) is 15.9 Å². The molecular weight excluding hydrogens is 552 g/mol. The number of aromatic nitrogens is 2. The summed E-state index contributed by atoms with van der Waals surface area (Å²) in [6.07, 6.45) is 3.39. The lowest BCUT2D eigenvalue weighted by atomic mass is 9.94. The molecule has 5 rings (SSSR count). The first-order valence-electron chi connectivity index (χ1n) is 14.2. The first-order valence-corrected chi connectivity index (χ1v) is 15.4. The summed E-state index contributed by atoms with van der Waals surface area (Å²) in [6, 6.07) is 20.6. The molecular formula is C32H36N4O5S. The fourth-order valence-electron chi connectivity index (χ4n) is 4.77. The highest BCUT2D eigenvalue weighted by Gasteiger charge is 2.32. The smallest absolute Gasteiger partial charge is 0.213 e. The lowest BCUT2D eigenvalue weighted by molar-refractivity contribution is -0.165. The van der Waals surface area contributed by atoms with Crippen LogP contribution in [0, 0.1) is 11.3 Å². The Hall–Kier alpha value is -3.46. The van der Waals surface area contributed by atoms with E-state index in [1.807, 2.05) is 69.3 Å². The Morgan fingerprint density at radius 2 is 1.98 bits per heavy atom. The third-order valence-corrected chi connectivity index (χ3v) is 8.58. The molecule has 1 fully saturated rings. The Bertz CT molecular complexity index is 1520. The molecule has 1 saturated heterocycles. The highest BCUT2D eigenvalue weighted by molar-refractivity contribution is 7.90. The maximum Gasteiger partial charge on any atom is 0.213 e. The van der Waals surface area contributed by atoms with Crippen LogP contribution in [-0.4, -0.2) is 45.6 Å². The van der Waals surface area contributed by atoms with E-state index in [1.54, 1.807) is 12.1 Å². The number of pyridine rings is 1. The summed E-state index contributed by atoms with van der Waals surface area (Å²) in [5.74, 6) is 0.500. The van der Waals surface area contributed by atoms with Crippen molar-refractivity contribution in [3.8, 4) is 23.2 Å². The Balaban J connectivity index is 1.38. The van der Waals surface area contributed by atoms with Gasteiger partial charge >= 0.3 is 0 Å². The van der Waals surface area contributed by atoms with Gasteiger partial charge in [-0.3, -0.25) is 0 Å². The van der Waals surface area contributed by atoms with Crippen LogP contribution < -0.4 is 9.46 Å². The van der Waals surface area contributed by atoms with Crippen molar-refractivity contribution in [3.05, 3.63) is 77.5 Å². The first-order chi connectivity index (χ1) is 20.3. The molecule has 0 amide bonds. The third-order valence-electron chi connectivity index (χ3n) is 6.97. The van der Waals surface area contributed by atoms with Gasteiger partial charge in [-0.05, 0) is 63.8 Å². The van der Waals surface area contributed by atoms with Crippen LogP contribution in [-0.2, 0) is 27.3 Å². The minimum Gasteiger partial charge on any atom is -0.598 e. The van der Waals surface area contributed by atoms with Crippen molar-refractivity contribution in [2.75, 3.05) is 19.8 Å². The van der Waals surface area contributed by atoms with Gasteiger partial charge in [-0.2, -0.15) is 5.26 Å². The van der Waals surface area contributed by atoms with Crippen molar-refractivity contribution < 1.29 is 23.3 Å². The lowest BCUT2D eigenvalue weighted by Crippen LogP contribution is -2.42. The molecule has 1 N–H and O–H groups in total. The Kier molecular flexibility index (Phi) is 9.77. The van der Waals surface area contributed by atoms with Crippen LogP contribution in [0.25, 0.3) is 22.2 Å². The average Bonchev–Trinajstić information content (AvgIpc) is 3.42. The van der Waals surface area contributed by atoms with Gasteiger partial charge in [0.1, 0.15) is 17.0 Å². The van der Waals surface area contributed by atoms with E-state index in [0.29, 0.717) is 42.4 Å². The zero-order chi connectivity index (χ0) is 29.5. The third kappa shape index (κ3) is 7.48. The number of benzene rings is 2. The molecule has 42 heavy (non-hydrogen) atoms. The number of nitrogens with zero attached hydrogens (tertiary/aromatic N) is 3. The Morgan fingerprint density at radius 1 is 1.12 bits per heavy atom. The molecule has 1 aliphatic rings. The van der Waals surface area contributed by atoms with Gasteiger partial charge in [0.25, 0.3) is 0 Å². The molecule has 2 aromatic heterocycles. The maximum atomic E-state index is 13.4. The normalized spacial score (nSPS) is 17.1. The fraction of sp³-hybridized carbons (Fsp3) is 0.406. The molecule has 0 saturated carbocycles. The predicted octanol–water partition coefficient (Wildman–Crippen LogP) is 6.02. The minimum absolute atomic E-state index is 0.160. The molecule has 3 heterocycles. The van der Waals surface area contributed by atoms with Crippen LogP contribution in [0.4, 0.5) is 0 Å². The molecule has 220 valence electrons. The van der Waals surface area contributed by atoms with Crippen LogP contribution in [0.1, 0.15) is 62.9 Å². The molecule has 10 heteroatoms. The number of hydrogen-bond acceptors (Lipinski definition) is 9. The zero-order valence-electron chi connectivity index (χ0n) is 24.2. The minimum atomic E-state index is -1.36. The topological polar surface area (TPSA) is 125 Å². The van der Waals surface area contributed by atoms with E-state index in [0.717, 1.165) is 48.1 Å². The summed E-state index contributed by atoms with van der Waals surface area (Å²) in [5.41, 5.74) is 4.23. The van der Waals surface area contributed by atoms with E-state index >= 15 is 0 Å². The molecule has 0 aliphatic carbocycles. The van der Waals surface area contributed by atoms with Crippen molar-refractivity contribution in [2.24, 2.45) is 0 Å². The summed E-state index contributed by atoms with van der Waals surface area (Å²) in [5, 5.41) is 14.4. The van der Waals surface area contributed by atoms with Crippen LogP contribution in [0.15, 0.2) is 65.2 Å². The fourth-order valence-corrected chi connectivity index (χ4v) is 5.59. The Morgan fingerprint density at radius 3 is 2.76 bits per heavy atom. The zero-order valence-corrected chi connectivity index (χ0v) is 25.0. The number of rotatable bonds is 11. The number of hydrogen-bond donors (Lipinski definition) is 1.